The fourth-order valence-electron chi connectivity index (χ4n) is 2.91. The summed E-state index contributed by atoms with van der Waals surface area (Å²) in [6, 6.07) is 7.58. The van der Waals surface area contributed by atoms with Gasteiger partial charge in [-0.25, -0.2) is 0 Å². The van der Waals surface area contributed by atoms with Gasteiger partial charge in [0.1, 0.15) is 0 Å². The van der Waals surface area contributed by atoms with Gasteiger partial charge in [0.05, 0.1) is 6.54 Å². The van der Waals surface area contributed by atoms with Crippen LogP contribution in [-0.4, -0.2) is 24.3 Å². The van der Waals surface area contributed by atoms with E-state index >= 15 is 0 Å². The van der Waals surface area contributed by atoms with Gasteiger partial charge in [-0.2, -0.15) is 0 Å². The molecule has 120 valence electrons. The van der Waals surface area contributed by atoms with Crippen molar-refractivity contribution in [1.82, 2.24) is 5.32 Å². The Kier molecular flexibility index (Phi) is 6.44. The largest absolute Gasteiger partial charge is 0.376 e. The summed E-state index contributed by atoms with van der Waals surface area (Å²) < 4.78 is 0. The van der Waals surface area contributed by atoms with Crippen LogP contribution in [0.25, 0.3) is 0 Å². The first kappa shape index (κ1) is 16.5. The van der Waals surface area contributed by atoms with Gasteiger partial charge in [0.15, 0.2) is 5.78 Å². The highest BCUT2D eigenvalue weighted by Crippen LogP contribution is 2.17. The molecule has 2 N–H and O–H groups in total. The molecule has 1 fully saturated rings. The number of Topliss-reactive ketones (excluding diaryl/α,β-unsaturated/α-hetero) is 1. The SMILES string of the molecule is CC(=O)c1cccc(NCC(=O)NC2CCCCCCC2)c1. The molecular weight excluding hydrogens is 276 g/mol. The van der Waals surface area contributed by atoms with Crippen LogP contribution in [0.15, 0.2) is 24.3 Å². The molecule has 1 aliphatic rings. The smallest absolute Gasteiger partial charge is 0.239 e. The summed E-state index contributed by atoms with van der Waals surface area (Å²) in [5.74, 6) is 0.0569. The summed E-state index contributed by atoms with van der Waals surface area (Å²) in [7, 11) is 0. The minimum atomic E-state index is 0.0267. The second kappa shape index (κ2) is 8.57. The van der Waals surface area contributed by atoms with Crippen LogP contribution in [-0.2, 0) is 4.79 Å². The number of amides is 1. The van der Waals surface area contributed by atoms with Crippen molar-refractivity contribution in [2.75, 3.05) is 11.9 Å². The van der Waals surface area contributed by atoms with E-state index in [2.05, 4.69) is 10.6 Å². The maximum atomic E-state index is 12.1. The lowest BCUT2D eigenvalue weighted by molar-refractivity contribution is -0.120. The van der Waals surface area contributed by atoms with Gasteiger partial charge in [0, 0.05) is 17.3 Å². The van der Waals surface area contributed by atoms with Crippen molar-refractivity contribution in [3.63, 3.8) is 0 Å². The van der Waals surface area contributed by atoms with E-state index in [4.69, 9.17) is 0 Å². The number of carbonyl (C=O) groups excluding carboxylic acids is 2. The van der Waals surface area contributed by atoms with E-state index in [0.29, 0.717) is 11.6 Å². The molecule has 0 heterocycles. The minimum Gasteiger partial charge on any atom is -0.376 e. The average molecular weight is 302 g/mol. The van der Waals surface area contributed by atoms with E-state index in [0.717, 1.165) is 18.5 Å². The molecule has 0 atom stereocenters. The van der Waals surface area contributed by atoms with Crippen molar-refractivity contribution in [2.45, 2.75) is 57.9 Å². The lowest BCUT2D eigenvalue weighted by Gasteiger charge is -2.21. The molecule has 1 saturated carbocycles. The molecule has 0 spiro atoms. The molecule has 0 saturated heterocycles. The molecular formula is C18H26N2O2. The van der Waals surface area contributed by atoms with Crippen molar-refractivity contribution in [1.29, 1.82) is 0 Å². The van der Waals surface area contributed by atoms with Gasteiger partial charge in [0.25, 0.3) is 0 Å². The van der Waals surface area contributed by atoms with E-state index < -0.39 is 0 Å². The first-order valence-corrected chi connectivity index (χ1v) is 8.29. The molecule has 1 aromatic rings. The Balaban J connectivity index is 1.79. The Morgan fingerprint density at radius 3 is 2.45 bits per heavy atom. The molecule has 4 heteroatoms. The van der Waals surface area contributed by atoms with E-state index in [9.17, 15) is 9.59 Å². The average Bonchev–Trinajstić information content (AvgIpc) is 2.48. The Hall–Kier alpha value is -1.84. The van der Waals surface area contributed by atoms with Gasteiger partial charge in [-0.3, -0.25) is 9.59 Å². The second-order valence-electron chi connectivity index (χ2n) is 6.10. The van der Waals surface area contributed by atoms with Crippen molar-refractivity contribution in [3.8, 4) is 0 Å². The molecule has 4 nitrogen and oxygen atoms in total. The maximum Gasteiger partial charge on any atom is 0.239 e. The lowest BCUT2D eigenvalue weighted by atomic mass is 9.97. The van der Waals surface area contributed by atoms with Crippen molar-refractivity contribution >= 4 is 17.4 Å². The van der Waals surface area contributed by atoms with Crippen LogP contribution < -0.4 is 10.6 Å². The van der Waals surface area contributed by atoms with Crippen molar-refractivity contribution in [3.05, 3.63) is 29.8 Å². The van der Waals surface area contributed by atoms with Gasteiger partial charge in [-0.05, 0) is 31.9 Å². The molecule has 0 aliphatic heterocycles. The topological polar surface area (TPSA) is 58.2 Å². The normalized spacial score (nSPS) is 16.4. The third-order valence-corrected chi connectivity index (χ3v) is 4.19. The molecule has 1 aliphatic carbocycles. The first-order chi connectivity index (χ1) is 10.6. The maximum absolute atomic E-state index is 12.1. The van der Waals surface area contributed by atoms with Gasteiger partial charge in [-0.1, -0.05) is 44.2 Å². The standard InChI is InChI=1S/C18H26N2O2/c1-14(21)15-8-7-11-17(12-15)19-13-18(22)20-16-9-5-3-2-4-6-10-16/h7-8,11-12,16,19H,2-6,9-10,13H2,1H3,(H,20,22). The quantitative estimate of drug-likeness (QED) is 0.818. The summed E-state index contributed by atoms with van der Waals surface area (Å²) in [5, 5.41) is 6.22. The van der Waals surface area contributed by atoms with Crippen LogP contribution in [0.4, 0.5) is 5.69 Å². The van der Waals surface area contributed by atoms with Gasteiger partial charge in [0.2, 0.25) is 5.91 Å². The molecule has 0 bridgehead atoms. The molecule has 2 rings (SSSR count). The second-order valence-corrected chi connectivity index (χ2v) is 6.10. The van der Waals surface area contributed by atoms with E-state index in [1.54, 1.807) is 19.1 Å². The molecule has 0 radical (unpaired) electrons. The van der Waals surface area contributed by atoms with Crippen LogP contribution >= 0.6 is 0 Å². The highest BCUT2D eigenvalue weighted by Gasteiger charge is 2.13. The first-order valence-electron chi connectivity index (χ1n) is 8.29. The predicted molar refractivity (Wildman–Crippen MR) is 89.2 cm³/mol. The fraction of sp³-hybridized carbons (Fsp3) is 0.556. The summed E-state index contributed by atoms with van der Waals surface area (Å²) in [6.07, 6.45) is 8.48. The zero-order chi connectivity index (χ0) is 15.8. The van der Waals surface area contributed by atoms with Crippen LogP contribution in [0.1, 0.15) is 62.2 Å². The Bertz CT molecular complexity index is 506. The molecule has 1 aromatic carbocycles. The molecule has 1 amide bonds. The number of ketones is 1. The molecule has 0 aromatic heterocycles. The monoisotopic (exact) mass is 302 g/mol. The number of anilines is 1. The molecule has 22 heavy (non-hydrogen) atoms. The minimum absolute atomic E-state index is 0.0267. The zero-order valence-corrected chi connectivity index (χ0v) is 13.4. The van der Waals surface area contributed by atoms with E-state index in [-0.39, 0.29) is 18.2 Å². The fourth-order valence-corrected chi connectivity index (χ4v) is 2.91. The zero-order valence-electron chi connectivity index (χ0n) is 13.4. The Labute approximate surface area is 132 Å². The number of carbonyl (C=O) groups is 2. The lowest BCUT2D eigenvalue weighted by Crippen LogP contribution is -2.38. The van der Waals surface area contributed by atoms with Crippen molar-refractivity contribution < 1.29 is 9.59 Å². The van der Waals surface area contributed by atoms with E-state index in [1.807, 2.05) is 12.1 Å². The van der Waals surface area contributed by atoms with Gasteiger partial charge < -0.3 is 10.6 Å². The number of nitrogens with one attached hydrogen (secondary N) is 2. The van der Waals surface area contributed by atoms with Gasteiger partial charge in [-0.15, -0.1) is 0 Å². The highest BCUT2D eigenvalue weighted by molar-refractivity contribution is 5.95. The number of rotatable bonds is 5. The summed E-state index contributed by atoms with van der Waals surface area (Å²) in [4.78, 5) is 23.4. The van der Waals surface area contributed by atoms with Crippen LogP contribution in [0.3, 0.4) is 0 Å². The third-order valence-electron chi connectivity index (χ3n) is 4.19. The Morgan fingerprint density at radius 1 is 1.09 bits per heavy atom. The van der Waals surface area contributed by atoms with Crippen LogP contribution in [0.2, 0.25) is 0 Å². The van der Waals surface area contributed by atoms with Gasteiger partial charge >= 0.3 is 0 Å². The number of hydrogen-bond acceptors (Lipinski definition) is 3. The molecule has 0 unspecified atom stereocenters. The Morgan fingerprint density at radius 2 is 1.77 bits per heavy atom. The number of hydrogen-bond donors (Lipinski definition) is 2. The summed E-state index contributed by atoms with van der Waals surface area (Å²) in [6.45, 7) is 1.79. The summed E-state index contributed by atoms with van der Waals surface area (Å²) in [5.41, 5.74) is 1.46. The highest BCUT2D eigenvalue weighted by atomic mass is 16.2. The van der Waals surface area contributed by atoms with E-state index in [1.165, 1.54) is 32.1 Å². The number of benzene rings is 1. The third kappa shape index (κ3) is 5.51. The van der Waals surface area contributed by atoms with Crippen LogP contribution in [0.5, 0.6) is 0 Å². The summed E-state index contributed by atoms with van der Waals surface area (Å²) >= 11 is 0. The predicted octanol–water partition coefficient (Wildman–Crippen LogP) is 3.53. The van der Waals surface area contributed by atoms with Crippen LogP contribution in [0, 0.1) is 0 Å². The van der Waals surface area contributed by atoms with Crippen molar-refractivity contribution in [2.24, 2.45) is 0 Å².